The third-order valence-electron chi connectivity index (χ3n) is 3.57. The Kier molecular flexibility index (Phi) is 6.92. The lowest BCUT2D eigenvalue weighted by molar-refractivity contribution is -0.125. The van der Waals surface area contributed by atoms with E-state index in [2.05, 4.69) is 10.6 Å². The SMILES string of the molecule is COCC(=O)NC[C@H]1OCCNC[C@H]1c1ccc(Cl)c(Cl)c1. The molecule has 0 spiro atoms. The van der Waals surface area contributed by atoms with Crippen molar-refractivity contribution in [3.63, 3.8) is 0 Å². The lowest BCUT2D eigenvalue weighted by Gasteiger charge is -2.25. The summed E-state index contributed by atoms with van der Waals surface area (Å²) < 4.78 is 10.7. The van der Waals surface area contributed by atoms with Gasteiger partial charge in [-0.2, -0.15) is 0 Å². The number of benzene rings is 1. The molecule has 22 heavy (non-hydrogen) atoms. The Bertz CT molecular complexity index is 514. The van der Waals surface area contributed by atoms with Crippen molar-refractivity contribution in [2.24, 2.45) is 0 Å². The maximum absolute atomic E-state index is 11.6. The number of methoxy groups -OCH3 is 1. The maximum atomic E-state index is 11.6. The number of hydrogen-bond acceptors (Lipinski definition) is 4. The third kappa shape index (κ3) is 4.83. The molecule has 0 aromatic heterocycles. The van der Waals surface area contributed by atoms with Crippen molar-refractivity contribution in [1.82, 2.24) is 10.6 Å². The van der Waals surface area contributed by atoms with Crippen LogP contribution >= 0.6 is 23.2 Å². The largest absolute Gasteiger partial charge is 0.375 e. The molecule has 5 nitrogen and oxygen atoms in total. The molecule has 2 rings (SSSR count). The van der Waals surface area contributed by atoms with Crippen LogP contribution < -0.4 is 10.6 Å². The predicted octanol–water partition coefficient (Wildman–Crippen LogP) is 1.83. The summed E-state index contributed by atoms with van der Waals surface area (Å²) in [5.41, 5.74) is 1.04. The molecule has 2 atom stereocenters. The maximum Gasteiger partial charge on any atom is 0.246 e. The number of amides is 1. The van der Waals surface area contributed by atoms with Crippen LogP contribution in [0, 0.1) is 0 Å². The molecule has 0 saturated carbocycles. The van der Waals surface area contributed by atoms with E-state index in [9.17, 15) is 4.79 Å². The van der Waals surface area contributed by atoms with Crippen LogP contribution in [0.2, 0.25) is 10.0 Å². The first-order valence-corrected chi connectivity index (χ1v) is 7.90. The molecule has 1 fully saturated rings. The predicted molar refractivity (Wildman–Crippen MR) is 86.7 cm³/mol. The second-order valence-corrected chi connectivity index (χ2v) is 5.94. The van der Waals surface area contributed by atoms with Crippen LogP contribution in [0.5, 0.6) is 0 Å². The standard InChI is InChI=1S/C15H20Cl2N2O3/c1-21-9-15(20)19-8-14-11(7-18-4-5-22-14)10-2-3-12(16)13(17)6-10/h2-3,6,11,14,18H,4-5,7-9H2,1H3,(H,19,20)/t11-,14+/m0/s1. The minimum atomic E-state index is -0.156. The van der Waals surface area contributed by atoms with Crippen LogP contribution in [-0.4, -0.2) is 52.0 Å². The van der Waals surface area contributed by atoms with Gasteiger partial charge in [0.2, 0.25) is 5.91 Å². The zero-order valence-corrected chi connectivity index (χ0v) is 13.9. The van der Waals surface area contributed by atoms with Crippen molar-refractivity contribution in [3.05, 3.63) is 33.8 Å². The number of nitrogens with one attached hydrogen (secondary N) is 2. The van der Waals surface area contributed by atoms with Gasteiger partial charge in [0.05, 0.1) is 22.8 Å². The van der Waals surface area contributed by atoms with Gasteiger partial charge in [0.15, 0.2) is 0 Å². The first kappa shape index (κ1) is 17.5. The van der Waals surface area contributed by atoms with Crippen LogP contribution in [0.3, 0.4) is 0 Å². The molecule has 0 aliphatic carbocycles. The Morgan fingerprint density at radius 2 is 2.27 bits per heavy atom. The topological polar surface area (TPSA) is 59.6 Å². The molecule has 1 aliphatic rings. The van der Waals surface area contributed by atoms with Crippen molar-refractivity contribution >= 4 is 29.1 Å². The van der Waals surface area contributed by atoms with Gasteiger partial charge < -0.3 is 20.1 Å². The van der Waals surface area contributed by atoms with E-state index in [-0.39, 0.29) is 24.5 Å². The third-order valence-corrected chi connectivity index (χ3v) is 4.31. The van der Waals surface area contributed by atoms with Gasteiger partial charge in [-0.1, -0.05) is 29.3 Å². The molecule has 1 amide bonds. The summed E-state index contributed by atoms with van der Waals surface area (Å²) in [7, 11) is 1.49. The van der Waals surface area contributed by atoms with Gasteiger partial charge in [-0.15, -0.1) is 0 Å². The van der Waals surface area contributed by atoms with E-state index in [0.29, 0.717) is 23.2 Å². The van der Waals surface area contributed by atoms with E-state index < -0.39 is 0 Å². The molecule has 0 unspecified atom stereocenters. The molecule has 1 aliphatic heterocycles. The highest BCUT2D eigenvalue weighted by atomic mass is 35.5. The van der Waals surface area contributed by atoms with Crippen molar-refractivity contribution in [1.29, 1.82) is 0 Å². The molecule has 0 radical (unpaired) electrons. The highest BCUT2D eigenvalue weighted by Crippen LogP contribution is 2.29. The highest BCUT2D eigenvalue weighted by molar-refractivity contribution is 6.42. The minimum Gasteiger partial charge on any atom is -0.375 e. The molecule has 1 aromatic rings. The smallest absolute Gasteiger partial charge is 0.246 e. The van der Waals surface area contributed by atoms with Crippen molar-refractivity contribution in [2.45, 2.75) is 12.0 Å². The second-order valence-electron chi connectivity index (χ2n) is 5.13. The number of ether oxygens (including phenoxy) is 2. The quantitative estimate of drug-likeness (QED) is 0.853. The molecule has 0 bridgehead atoms. The first-order chi connectivity index (χ1) is 10.6. The van der Waals surface area contributed by atoms with Crippen molar-refractivity contribution < 1.29 is 14.3 Å². The fourth-order valence-corrected chi connectivity index (χ4v) is 2.77. The van der Waals surface area contributed by atoms with E-state index >= 15 is 0 Å². The Labute approximate surface area is 140 Å². The second kappa shape index (κ2) is 8.70. The summed E-state index contributed by atoms with van der Waals surface area (Å²) in [6, 6.07) is 5.58. The van der Waals surface area contributed by atoms with Crippen molar-refractivity contribution in [2.75, 3.05) is 40.0 Å². The Balaban J connectivity index is 2.09. The summed E-state index contributed by atoms with van der Waals surface area (Å²) >= 11 is 12.1. The van der Waals surface area contributed by atoms with Gasteiger partial charge in [-0.05, 0) is 17.7 Å². The summed E-state index contributed by atoms with van der Waals surface area (Å²) in [5.74, 6) is -0.0729. The highest BCUT2D eigenvalue weighted by Gasteiger charge is 2.27. The number of carbonyl (C=O) groups excluding carboxylic acids is 1. The Hall–Kier alpha value is -0.850. The molecule has 1 saturated heterocycles. The molecular formula is C15H20Cl2N2O3. The number of hydrogen-bond donors (Lipinski definition) is 2. The fourth-order valence-electron chi connectivity index (χ4n) is 2.46. The van der Waals surface area contributed by atoms with Gasteiger partial charge in [0, 0.05) is 32.7 Å². The van der Waals surface area contributed by atoms with E-state index in [1.54, 1.807) is 6.07 Å². The molecule has 1 aromatic carbocycles. The molecule has 1 heterocycles. The van der Waals surface area contributed by atoms with E-state index in [1.807, 2.05) is 12.1 Å². The van der Waals surface area contributed by atoms with E-state index in [0.717, 1.165) is 18.7 Å². The van der Waals surface area contributed by atoms with Gasteiger partial charge in [-0.3, -0.25) is 4.79 Å². The number of carbonyl (C=O) groups is 1. The van der Waals surface area contributed by atoms with Gasteiger partial charge in [-0.25, -0.2) is 0 Å². The summed E-state index contributed by atoms with van der Waals surface area (Å²) in [6.07, 6.45) is -0.131. The first-order valence-electron chi connectivity index (χ1n) is 7.14. The normalized spacial score (nSPS) is 22.1. The van der Waals surface area contributed by atoms with E-state index in [1.165, 1.54) is 7.11 Å². The number of halogens is 2. The van der Waals surface area contributed by atoms with Crippen LogP contribution in [-0.2, 0) is 14.3 Å². The van der Waals surface area contributed by atoms with E-state index in [4.69, 9.17) is 32.7 Å². The van der Waals surface area contributed by atoms with Crippen LogP contribution in [0.15, 0.2) is 18.2 Å². The Morgan fingerprint density at radius 3 is 3.00 bits per heavy atom. The monoisotopic (exact) mass is 346 g/mol. The average Bonchev–Trinajstić information content (AvgIpc) is 2.74. The van der Waals surface area contributed by atoms with Crippen molar-refractivity contribution in [3.8, 4) is 0 Å². The van der Waals surface area contributed by atoms with Crippen LogP contribution in [0.25, 0.3) is 0 Å². The molecule has 2 N–H and O–H groups in total. The summed E-state index contributed by atoms with van der Waals surface area (Å²) in [6.45, 7) is 2.60. The molecule has 122 valence electrons. The Morgan fingerprint density at radius 1 is 1.45 bits per heavy atom. The van der Waals surface area contributed by atoms with Crippen LogP contribution in [0.1, 0.15) is 11.5 Å². The summed E-state index contributed by atoms with van der Waals surface area (Å²) in [4.78, 5) is 11.6. The minimum absolute atomic E-state index is 0.0441. The van der Waals surface area contributed by atoms with Gasteiger partial charge >= 0.3 is 0 Å². The van der Waals surface area contributed by atoms with Gasteiger partial charge in [0.1, 0.15) is 6.61 Å². The van der Waals surface area contributed by atoms with Gasteiger partial charge in [0.25, 0.3) is 0 Å². The molecular weight excluding hydrogens is 327 g/mol. The zero-order valence-electron chi connectivity index (χ0n) is 12.4. The zero-order chi connectivity index (χ0) is 15.9. The lowest BCUT2D eigenvalue weighted by atomic mass is 9.93. The fraction of sp³-hybridized carbons (Fsp3) is 0.533. The average molecular weight is 347 g/mol. The summed E-state index contributed by atoms with van der Waals surface area (Å²) in [5, 5.41) is 7.21. The number of rotatable bonds is 5. The van der Waals surface area contributed by atoms with Crippen LogP contribution in [0.4, 0.5) is 0 Å². The lowest BCUT2D eigenvalue weighted by Crippen LogP contribution is -2.39. The molecule has 7 heteroatoms.